The summed E-state index contributed by atoms with van der Waals surface area (Å²) in [6.45, 7) is 0.369. The van der Waals surface area contributed by atoms with Gasteiger partial charge in [-0.1, -0.05) is 19.3 Å². The summed E-state index contributed by atoms with van der Waals surface area (Å²) >= 11 is 0. The number of ether oxygens (including phenoxy) is 1. The summed E-state index contributed by atoms with van der Waals surface area (Å²) in [7, 11) is 1.65. The van der Waals surface area contributed by atoms with Crippen molar-refractivity contribution < 1.29 is 18.3 Å². The zero-order valence-electron chi connectivity index (χ0n) is 13.6. The third-order valence-corrected chi connectivity index (χ3v) is 4.68. The van der Waals surface area contributed by atoms with Gasteiger partial charge in [-0.2, -0.15) is 0 Å². The Bertz CT molecular complexity index is 808. The van der Waals surface area contributed by atoms with Crippen molar-refractivity contribution in [3.63, 3.8) is 0 Å². The number of hydrogen-bond donors (Lipinski definition) is 1. The lowest BCUT2D eigenvalue weighted by atomic mass is 9.84. The highest BCUT2D eigenvalue weighted by Crippen LogP contribution is 2.30. The van der Waals surface area contributed by atoms with Crippen LogP contribution < -0.4 is 10.7 Å². The molecule has 5 nitrogen and oxygen atoms in total. The summed E-state index contributed by atoms with van der Waals surface area (Å²) in [5.41, 5.74) is -0.609. The van der Waals surface area contributed by atoms with E-state index in [1.165, 1.54) is 18.6 Å². The first kappa shape index (κ1) is 16.6. The van der Waals surface area contributed by atoms with E-state index < -0.39 is 17.2 Å². The maximum atomic E-state index is 13.2. The van der Waals surface area contributed by atoms with E-state index >= 15 is 0 Å². The van der Waals surface area contributed by atoms with Crippen LogP contribution in [-0.4, -0.2) is 25.2 Å². The van der Waals surface area contributed by atoms with Gasteiger partial charge in [0.15, 0.2) is 11.2 Å². The number of carbonyl (C=O) groups excluding carboxylic acids is 1. The Morgan fingerprint density at radius 3 is 2.75 bits per heavy atom. The number of rotatable bonds is 4. The number of nitrogens with one attached hydrogen (secondary N) is 1. The summed E-state index contributed by atoms with van der Waals surface area (Å²) in [6.07, 6.45) is 5.10. The van der Waals surface area contributed by atoms with Crippen molar-refractivity contribution in [2.45, 2.75) is 37.7 Å². The highest BCUT2D eigenvalue weighted by Gasteiger charge is 2.32. The minimum absolute atomic E-state index is 0.0822. The fourth-order valence-corrected chi connectivity index (χ4v) is 3.22. The van der Waals surface area contributed by atoms with Crippen LogP contribution in [-0.2, 0) is 4.74 Å². The second-order valence-electron chi connectivity index (χ2n) is 6.25. The number of carbonyl (C=O) groups is 1. The van der Waals surface area contributed by atoms with E-state index in [4.69, 9.17) is 9.15 Å². The van der Waals surface area contributed by atoms with E-state index in [2.05, 4.69) is 5.32 Å². The molecule has 6 heteroatoms. The molecule has 0 saturated heterocycles. The van der Waals surface area contributed by atoms with Crippen LogP contribution in [0.1, 0.15) is 42.7 Å². The Morgan fingerprint density at radius 2 is 2.04 bits per heavy atom. The summed E-state index contributed by atoms with van der Waals surface area (Å²) < 4.78 is 24.3. The molecular weight excluding hydrogens is 313 g/mol. The predicted octanol–water partition coefficient (Wildman–Crippen LogP) is 3.01. The molecule has 0 bridgehead atoms. The molecule has 24 heavy (non-hydrogen) atoms. The Kier molecular flexibility index (Phi) is 4.66. The molecular formula is C18H20FNO4. The normalized spacial score (nSPS) is 16.9. The predicted molar refractivity (Wildman–Crippen MR) is 87.6 cm³/mol. The smallest absolute Gasteiger partial charge is 0.287 e. The maximum absolute atomic E-state index is 13.2. The molecule has 0 atom stereocenters. The zero-order chi connectivity index (χ0) is 17.2. The number of halogens is 1. The van der Waals surface area contributed by atoms with Gasteiger partial charge in [-0.25, -0.2) is 4.39 Å². The van der Waals surface area contributed by atoms with Crippen LogP contribution in [0.5, 0.6) is 0 Å². The highest BCUT2D eigenvalue weighted by molar-refractivity contribution is 5.93. The molecule has 0 unspecified atom stereocenters. The van der Waals surface area contributed by atoms with Gasteiger partial charge in [0.05, 0.1) is 11.0 Å². The molecule has 1 aromatic heterocycles. The van der Waals surface area contributed by atoms with E-state index in [-0.39, 0.29) is 22.3 Å². The molecule has 1 amide bonds. The summed E-state index contributed by atoms with van der Waals surface area (Å²) in [6, 6.07) is 4.73. The van der Waals surface area contributed by atoms with Gasteiger partial charge in [-0.05, 0) is 31.0 Å². The summed E-state index contributed by atoms with van der Waals surface area (Å²) in [4.78, 5) is 24.4. The largest absolute Gasteiger partial charge is 0.451 e. The summed E-state index contributed by atoms with van der Waals surface area (Å²) in [5, 5.41) is 2.91. The molecule has 2 aromatic rings. The van der Waals surface area contributed by atoms with Crippen LogP contribution >= 0.6 is 0 Å². The molecule has 1 heterocycles. The first-order valence-corrected chi connectivity index (χ1v) is 8.10. The minimum atomic E-state index is -0.522. The number of amides is 1. The molecule has 0 aliphatic heterocycles. The van der Waals surface area contributed by atoms with Crippen molar-refractivity contribution >= 4 is 16.9 Å². The molecule has 128 valence electrons. The van der Waals surface area contributed by atoms with Crippen LogP contribution in [0.2, 0.25) is 0 Å². The molecule has 1 aromatic carbocycles. The molecule has 0 spiro atoms. The Labute approximate surface area is 138 Å². The van der Waals surface area contributed by atoms with Gasteiger partial charge in [-0.15, -0.1) is 0 Å². The molecule has 1 N–H and O–H groups in total. The number of hydrogen-bond acceptors (Lipinski definition) is 4. The van der Waals surface area contributed by atoms with E-state index in [0.717, 1.165) is 37.8 Å². The van der Waals surface area contributed by atoms with Crippen molar-refractivity contribution in [3.05, 3.63) is 46.1 Å². The second-order valence-corrected chi connectivity index (χ2v) is 6.25. The standard InChI is InChI=1S/C18H20FNO4/c1-23-18(7-3-2-4-8-18)11-20-17(22)16-10-14(21)13-9-12(19)5-6-15(13)24-16/h5-6,9-10H,2-4,7-8,11H2,1H3,(H,20,22). The number of methoxy groups -OCH3 is 1. The average molecular weight is 333 g/mol. The molecule has 1 aliphatic carbocycles. The van der Waals surface area contributed by atoms with Crippen molar-refractivity contribution in [1.82, 2.24) is 5.32 Å². The van der Waals surface area contributed by atoms with Crippen LogP contribution in [0.15, 0.2) is 33.5 Å². The molecule has 1 fully saturated rings. The van der Waals surface area contributed by atoms with E-state index in [0.29, 0.717) is 6.54 Å². The zero-order valence-corrected chi connectivity index (χ0v) is 13.6. The molecule has 3 rings (SSSR count). The monoisotopic (exact) mass is 333 g/mol. The molecule has 0 radical (unpaired) electrons. The van der Waals surface area contributed by atoms with Crippen molar-refractivity contribution in [2.75, 3.05) is 13.7 Å². The quantitative estimate of drug-likeness (QED) is 0.934. The topological polar surface area (TPSA) is 68.5 Å². The first-order chi connectivity index (χ1) is 11.5. The van der Waals surface area contributed by atoms with Crippen LogP contribution in [0.4, 0.5) is 4.39 Å². The van der Waals surface area contributed by atoms with Gasteiger partial charge in [0, 0.05) is 19.7 Å². The molecule has 1 aliphatic rings. The van der Waals surface area contributed by atoms with Crippen LogP contribution in [0, 0.1) is 5.82 Å². The Morgan fingerprint density at radius 1 is 1.29 bits per heavy atom. The fourth-order valence-electron chi connectivity index (χ4n) is 3.22. The van der Waals surface area contributed by atoms with Crippen molar-refractivity contribution in [1.29, 1.82) is 0 Å². The Hall–Kier alpha value is -2.21. The third-order valence-electron chi connectivity index (χ3n) is 4.68. The number of benzene rings is 1. The van der Waals surface area contributed by atoms with E-state index in [1.54, 1.807) is 7.11 Å². The lowest BCUT2D eigenvalue weighted by Crippen LogP contribution is -2.45. The highest BCUT2D eigenvalue weighted by atomic mass is 19.1. The average Bonchev–Trinajstić information content (AvgIpc) is 2.61. The minimum Gasteiger partial charge on any atom is -0.451 e. The van der Waals surface area contributed by atoms with E-state index in [1.807, 2.05) is 0 Å². The van der Waals surface area contributed by atoms with Crippen LogP contribution in [0.25, 0.3) is 11.0 Å². The number of fused-ring (bicyclic) bond motifs is 1. The maximum Gasteiger partial charge on any atom is 0.287 e. The van der Waals surface area contributed by atoms with Gasteiger partial charge >= 0.3 is 0 Å². The SMILES string of the molecule is COC1(CNC(=O)c2cc(=O)c3cc(F)ccc3o2)CCCCC1. The van der Waals surface area contributed by atoms with Gasteiger partial charge in [-0.3, -0.25) is 9.59 Å². The van der Waals surface area contributed by atoms with Gasteiger partial charge in [0.25, 0.3) is 5.91 Å². The fraction of sp³-hybridized carbons (Fsp3) is 0.444. The molecule has 1 saturated carbocycles. The van der Waals surface area contributed by atoms with E-state index in [9.17, 15) is 14.0 Å². The second kappa shape index (κ2) is 6.73. The van der Waals surface area contributed by atoms with Crippen molar-refractivity contribution in [3.8, 4) is 0 Å². The first-order valence-electron chi connectivity index (χ1n) is 8.10. The van der Waals surface area contributed by atoms with Gasteiger partial charge in [0.1, 0.15) is 11.4 Å². The lowest BCUT2D eigenvalue weighted by Gasteiger charge is -2.36. The lowest BCUT2D eigenvalue weighted by molar-refractivity contribution is -0.0365. The summed E-state index contributed by atoms with van der Waals surface area (Å²) in [5.74, 6) is -1.08. The van der Waals surface area contributed by atoms with Gasteiger partial charge < -0.3 is 14.5 Å². The third kappa shape index (κ3) is 3.33. The van der Waals surface area contributed by atoms with Gasteiger partial charge in [0.2, 0.25) is 0 Å². The van der Waals surface area contributed by atoms with Crippen molar-refractivity contribution in [2.24, 2.45) is 0 Å². The Balaban J connectivity index is 1.79. The van der Waals surface area contributed by atoms with Crippen LogP contribution in [0.3, 0.4) is 0 Å².